The maximum Gasteiger partial charge on any atom is 0.340 e. The number of carbonyl (C=O) groups excluding carboxylic acids is 2. The van der Waals surface area contributed by atoms with E-state index in [9.17, 15) is 19.5 Å². The van der Waals surface area contributed by atoms with E-state index in [1.807, 2.05) is 6.07 Å². The number of carbonyl (C=O) groups is 2. The molecule has 0 saturated carbocycles. The third kappa shape index (κ3) is 3.49. The van der Waals surface area contributed by atoms with Crippen LogP contribution in [-0.2, 0) is 38.8 Å². The summed E-state index contributed by atoms with van der Waals surface area (Å²) in [7, 11) is 1.72. The first-order valence-corrected chi connectivity index (χ1v) is 11.3. The highest BCUT2D eigenvalue weighted by Crippen LogP contribution is 2.42. The second kappa shape index (κ2) is 8.59. The van der Waals surface area contributed by atoms with Crippen LogP contribution in [0.3, 0.4) is 0 Å². The summed E-state index contributed by atoms with van der Waals surface area (Å²) in [6.45, 7) is 0.392. The number of hydrogen-bond donors (Lipinski definition) is 3. The van der Waals surface area contributed by atoms with Gasteiger partial charge in [-0.3, -0.25) is 14.9 Å². The van der Waals surface area contributed by atoms with Gasteiger partial charge in [-0.05, 0) is 24.7 Å². The Balaban J connectivity index is 1.48. The number of benzene rings is 1. The number of amides is 1. The normalized spacial score (nSPS) is 16.9. The number of aliphatic hydroxyl groups is 1. The molecule has 12 nitrogen and oxygen atoms in total. The standard InChI is InChI=1S/C24H22N4O8/c1-25-9-33-8-20(29)26-5-13-11-3-18-19(36-10-35-18)4-16(11)27-21-14(13)6-28-17(21)2-12-15(23(28)31)7-34-24(32)22(12)30/h2-4,22,25,30H,5-10H2,1H3,(H,26,29). The van der Waals surface area contributed by atoms with Crippen LogP contribution in [0.2, 0.25) is 0 Å². The number of hydrogen-bond acceptors (Lipinski definition) is 10. The number of nitrogens with zero attached hydrogens (tertiary/aromatic N) is 2. The van der Waals surface area contributed by atoms with Gasteiger partial charge in [0.2, 0.25) is 12.7 Å². The van der Waals surface area contributed by atoms with Crippen molar-refractivity contribution in [3.63, 3.8) is 0 Å². The fourth-order valence-corrected chi connectivity index (χ4v) is 4.78. The van der Waals surface area contributed by atoms with Gasteiger partial charge in [-0.25, -0.2) is 9.78 Å². The van der Waals surface area contributed by atoms with E-state index in [0.717, 1.165) is 16.5 Å². The molecule has 3 aliphatic heterocycles. The molecule has 1 atom stereocenters. The van der Waals surface area contributed by atoms with E-state index in [1.54, 1.807) is 23.7 Å². The molecule has 0 radical (unpaired) electrons. The van der Waals surface area contributed by atoms with Crippen molar-refractivity contribution in [3.05, 3.63) is 50.8 Å². The molecule has 36 heavy (non-hydrogen) atoms. The molecule has 1 amide bonds. The Morgan fingerprint density at radius 3 is 2.81 bits per heavy atom. The summed E-state index contributed by atoms with van der Waals surface area (Å²) in [5.41, 5.74) is 3.21. The topological polar surface area (TPSA) is 150 Å². The second-order valence-electron chi connectivity index (χ2n) is 8.63. The minimum Gasteiger partial charge on any atom is -0.458 e. The molecular formula is C24H22N4O8. The number of esters is 1. The van der Waals surface area contributed by atoms with Gasteiger partial charge in [-0.1, -0.05) is 0 Å². The maximum absolute atomic E-state index is 13.3. The van der Waals surface area contributed by atoms with Gasteiger partial charge < -0.3 is 33.9 Å². The van der Waals surface area contributed by atoms with Crippen LogP contribution in [0, 0.1) is 0 Å². The van der Waals surface area contributed by atoms with Crippen LogP contribution in [0.4, 0.5) is 0 Å². The van der Waals surface area contributed by atoms with Crippen LogP contribution in [0.25, 0.3) is 22.3 Å². The van der Waals surface area contributed by atoms with Gasteiger partial charge in [-0.15, -0.1) is 0 Å². The average molecular weight is 494 g/mol. The summed E-state index contributed by atoms with van der Waals surface area (Å²) in [4.78, 5) is 42.4. The summed E-state index contributed by atoms with van der Waals surface area (Å²) in [5.74, 6) is 0.0141. The predicted molar refractivity (Wildman–Crippen MR) is 123 cm³/mol. The Kier molecular flexibility index (Phi) is 5.36. The average Bonchev–Trinajstić information content (AvgIpc) is 3.48. The van der Waals surface area contributed by atoms with Gasteiger partial charge in [-0.2, -0.15) is 0 Å². The second-order valence-corrected chi connectivity index (χ2v) is 8.63. The lowest BCUT2D eigenvalue weighted by Gasteiger charge is -2.21. The van der Waals surface area contributed by atoms with Crippen molar-refractivity contribution in [2.45, 2.75) is 25.8 Å². The lowest BCUT2D eigenvalue weighted by Crippen LogP contribution is -2.32. The largest absolute Gasteiger partial charge is 0.458 e. The monoisotopic (exact) mass is 494 g/mol. The Morgan fingerprint density at radius 1 is 1.19 bits per heavy atom. The zero-order valence-electron chi connectivity index (χ0n) is 19.3. The Morgan fingerprint density at radius 2 is 2.00 bits per heavy atom. The molecule has 0 fully saturated rings. The minimum atomic E-state index is -1.54. The Hall–Kier alpha value is -4.00. The van der Waals surface area contributed by atoms with Crippen molar-refractivity contribution in [1.29, 1.82) is 0 Å². The number of rotatable bonds is 6. The van der Waals surface area contributed by atoms with Gasteiger partial charge in [0.15, 0.2) is 17.6 Å². The van der Waals surface area contributed by atoms with Gasteiger partial charge in [0.05, 0.1) is 35.7 Å². The van der Waals surface area contributed by atoms with Gasteiger partial charge in [0, 0.05) is 29.1 Å². The molecule has 0 saturated heterocycles. The summed E-state index contributed by atoms with van der Waals surface area (Å²) in [6, 6.07) is 5.19. The predicted octanol–water partition coefficient (Wildman–Crippen LogP) is 0.0538. The minimum absolute atomic E-state index is 0.0958. The van der Waals surface area contributed by atoms with Crippen LogP contribution in [-0.4, -0.2) is 53.7 Å². The molecule has 3 aliphatic rings. The first kappa shape index (κ1) is 22.5. The molecule has 0 aliphatic carbocycles. The summed E-state index contributed by atoms with van der Waals surface area (Å²) < 4.78 is 22.8. The van der Waals surface area contributed by atoms with E-state index in [4.69, 9.17) is 23.9 Å². The van der Waals surface area contributed by atoms with Gasteiger partial charge >= 0.3 is 5.97 Å². The molecule has 6 rings (SSSR count). The lowest BCUT2D eigenvalue weighted by molar-refractivity contribution is -0.157. The summed E-state index contributed by atoms with van der Waals surface area (Å²) >= 11 is 0. The molecule has 2 aromatic heterocycles. The molecule has 186 valence electrons. The summed E-state index contributed by atoms with van der Waals surface area (Å²) in [6.07, 6.45) is -1.54. The van der Waals surface area contributed by atoms with E-state index in [-0.39, 0.29) is 62.4 Å². The van der Waals surface area contributed by atoms with Crippen LogP contribution >= 0.6 is 0 Å². The molecule has 3 aromatic rings. The molecule has 12 heteroatoms. The molecule has 1 unspecified atom stereocenters. The van der Waals surface area contributed by atoms with Gasteiger partial charge in [0.1, 0.15) is 13.2 Å². The first-order valence-electron chi connectivity index (χ1n) is 11.3. The molecule has 1 aromatic carbocycles. The Labute approximate surface area is 203 Å². The molecule has 0 spiro atoms. The van der Waals surface area contributed by atoms with Gasteiger partial charge in [0.25, 0.3) is 5.56 Å². The molecule has 5 heterocycles. The highest BCUT2D eigenvalue weighted by atomic mass is 16.7. The zero-order chi connectivity index (χ0) is 25.0. The third-order valence-electron chi connectivity index (χ3n) is 6.51. The van der Waals surface area contributed by atoms with Crippen LogP contribution in [0.5, 0.6) is 11.5 Å². The molecule has 0 bridgehead atoms. The number of cyclic esters (lactones) is 1. The zero-order valence-corrected chi connectivity index (χ0v) is 19.3. The van der Waals surface area contributed by atoms with E-state index >= 15 is 0 Å². The lowest BCUT2D eigenvalue weighted by atomic mass is 9.98. The smallest absolute Gasteiger partial charge is 0.340 e. The highest BCUT2D eigenvalue weighted by molar-refractivity contribution is 5.91. The Bertz CT molecular complexity index is 1500. The fourth-order valence-electron chi connectivity index (χ4n) is 4.78. The van der Waals surface area contributed by atoms with Crippen molar-refractivity contribution in [2.75, 3.05) is 27.2 Å². The number of fused-ring (bicyclic) bond motifs is 6. The fraction of sp³-hybridized carbons (Fsp3) is 0.333. The third-order valence-corrected chi connectivity index (χ3v) is 6.51. The quantitative estimate of drug-likeness (QED) is 0.191. The van der Waals surface area contributed by atoms with E-state index in [0.29, 0.717) is 28.4 Å². The van der Waals surface area contributed by atoms with Crippen molar-refractivity contribution in [1.82, 2.24) is 20.2 Å². The SMILES string of the molecule is CNCOCC(=O)NCc1c2c(nc3cc4c(cc13)OCO4)-c1cc3c(c(=O)n1C2)COC(=O)C3O. The molecular weight excluding hydrogens is 472 g/mol. The van der Waals surface area contributed by atoms with E-state index < -0.39 is 12.1 Å². The van der Waals surface area contributed by atoms with Crippen molar-refractivity contribution < 1.29 is 33.6 Å². The first-order chi connectivity index (χ1) is 17.5. The van der Waals surface area contributed by atoms with Crippen LogP contribution < -0.4 is 25.7 Å². The number of aromatic nitrogens is 2. The molecule has 3 N–H and O–H groups in total. The van der Waals surface area contributed by atoms with Crippen molar-refractivity contribution in [3.8, 4) is 22.9 Å². The number of aliphatic hydroxyl groups excluding tert-OH is 1. The van der Waals surface area contributed by atoms with Crippen molar-refractivity contribution in [2.24, 2.45) is 0 Å². The van der Waals surface area contributed by atoms with E-state index in [2.05, 4.69) is 10.6 Å². The maximum atomic E-state index is 13.3. The van der Waals surface area contributed by atoms with Crippen LogP contribution in [0.1, 0.15) is 28.4 Å². The highest BCUT2D eigenvalue weighted by Gasteiger charge is 2.35. The van der Waals surface area contributed by atoms with Crippen LogP contribution in [0.15, 0.2) is 23.0 Å². The van der Waals surface area contributed by atoms with E-state index in [1.165, 1.54) is 0 Å². The number of ether oxygens (including phenoxy) is 4. The summed E-state index contributed by atoms with van der Waals surface area (Å²) in [5, 5.41) is 16.8. The number of nitrogens with one attached hydrogen (secondary N) is 2. The number of pyridine rings is 2. The van der Waals surface area contributed by atoms with Crippen molar-refractivity contribution >= 4 is 22.8 Å².